The lowest BCUT2D eigenvalue weighted by molar-refractivity contribution is -0.145. The van der Waals surface area contributed by atoms with Gasteiger partial charge < -0.3 is 25.2 Å². The van der Waals surface area contributed by atoms with Crippen LogP contribution in [0.3, 0.4) is 0 Å². The standard InChI is InChI=1S/C12H20N2O7/c1-3-5-14(7-10(17)21-4-2)12(20)13-8(11(18)19)6-9(15)16/h8H,3-7H2,1-2H3,(H,13,20)(H,15,16)(H,18,19)/t8-/m1/s1. The monoisotopic (exact) mass is 304 g/mol. The molecule has 0 spiro atoms. The molecule has 0 heterocycles. The van der Waals surface area contributed by atoms with E-state index < -0.39 is 36.4 Å². The van der Waals surface area contributed by atoms with Gasteiger partial charge in [-0.3, -0.25) is 9.59 Å². The summed E-state index contributed by atoms with van der Waals surface area (Å²) in [7, 11) is 0. The van der Waals surface area contributed by atoms with Gasteiger partial charge in [0.1, 0.15) is 12.6 Å². The number of ether oxygens (including phenoxy) is 1. The molecule has 0 aromatic rings. The number of carbonyl (C=O) groups excluding carboxylic acids is 2. The molecule has 0 bridgehead atoms. The third-order valence-corrected chi connectivity index (χ3v) is 2.38. The van der Waals surface area contributed by atoms with Crippen LogP contribution in [0.5, 0.6) is 0 Å². The van der Waals surface area contributed by atoms with Gasteiger partial charge >= 0.3 is 23.9 Å². The summed E-state index contributed by atoms with van der Waals surface area (Å²) >= 11 is 0. The Balaban J connectivity index is 4.74. The van der Waals surface area contributed by atoms with Crippen LogP contribution in [0.15, 0.2) is 0 Å². The molecule has 0 rings (SSSR count). The van der Waals surface area contributed by atoms with E-state index in [1.54, 1.807) is 13.8 Å². The van der Waals surface area contributed by atoms with E-state index in [-0.39, 0.29) is 19.7 Å². The van der Waals surface area contributed by atoms with Crippen molar-refractivity contribution in [3.63, 3.8) is 0 Å². The highest BCUT2D eigenvalue weighted by atomic mass is 16.5. The van der Waals surface area contributed by atoms with Crippen LogP contribution in [0.25, 0.3) is 0 Å². The summed E-state index contributed by atoms with van der Waals surface area (Å²) in [6.45, 7) is 3.45. The summed E-state index contributed by atoms with van der Waals surface area (Å²) in [6, 6.07) is -2.38. The van der Waals surface area contributed by atoms with Crippen molar-refractivity contribution in [3.8, 4) is 0 Å². The van der Waals surface area contributed by atoms with Crippen LogP contribution in [0.1, 0.15) is 26.7 Å². The minimum atomic E-state index is -1.56. The minimum Gasteiger partial charge on any atom is -0.481 e. The van der Waals surface area contributed by atoms with Crippen LogP contribution in [-0.4, -0.2) is 64.8 Å². The molecule has 21 heavy (non-hydrogen) atoms. The van der Waals surface area contributed by atoms with E-state index in [4.69, 9.17) is 14.9 Å². The maximum absolute atomic E-state index is 11.9. The summed E-state index contributed by atoms with van der Waals surface area (Å²) in [5, 5.41) is 19.5. The van der Waals surface area contributed by atoms with Gasteiger partial charge in [-0.25, -0.2) is 9.59 Å². The third kappa shape index (κ3) is 7.75. The number of aliphatic carboxylic acids is 2. The lowest BCUT2D eigenvalue weighted by Crippen LogP contribution is -2.50. The van der Waals surface area contributed by atoms with Crippen molar-refractivity contribution in [3.05, 3.63) is 0 Å². The molecular weight excluding hydrogens is 284 g/mol. The Labute approximate surface area is 121 Å². The van der Waals surface area contributed by atoms with Crippen molar-refractivity contribution >= 4 is 23.9 Å². The number of nitrogens with zero attached hydrogens (tertiary/aromatic N) is 1. The summed E-state index contributed by atoms with van der Waals surface area (Å²) in [4.78, 5) is 45.8. The normalized spacial score (nSPS) is 11.3. The molecule has 0 radical (unpaired) electrons. The number of esters is 1. The highest BCUT2D eigenvalue weighted by molar-refractivity contribution is 5.87. The quantitative estimate of drug-likeness (QED) is 0.506. The molecular formula is C12H20N2O7. The van der Waals surface area contributed by atoms with Crippen molar-refractivity contribution in [2.24, 2.45) is 0 Å². The summed E-state index contributed by atoms with van der Waals surface area (Å²) in [5.41, 5.74) is 0. The molecule has 0 aromatic carbocycles. The molecule has 9 nitrogen and oxygen atoms in total. The molecule has 0 aliphatic carbocycles. The van der Waals surface area contributed by atoms with Crippen molar-refractivity contribution < 1.29 is 34.1 Å². The SMILES string of the molecule is CCCN(CC(=O)OCC)C(=O)N[C@H](CC(=O)O)C(=O)O. The minimum absolute atomic E-state index is 0.164. The Morgan fingerprint density at radius 1 is 1.19 bits per heavy atom. The maximum Gasteiger partial charge on any atom is 0.326 e. The first-order valence-electron chi connectivity index (χ1n) is 6.47. The predicted molar refractivity (Wildman–Crippen MR) is 70.7 cm³/mol. The number of carboxylic acid groups (broad SMARTS) is 2. The van der Waals surface area contributed by atoms with Gasteiger partial charge in [0.25, 0.3) is 0 Å². The van der Waals surface area contributed by atoms with Crippen LogP contribution in [0.4, 0.5) is 4.79 Å². The van der Waals surface area contributed by atoms with Crippen molar-refractivity contribution in [2.45, 2.75) is 32.7 Å². The number of hydrogen-bond donors (Lipinski definition) is 3. The first kappa shape index (κ1) is 18.7. The number of hydrogen-bond acceptors (Lipinski definition) is 5. The van der Waals surface area contributed by atoms with Gasteiger partial charge in [0.15, 0.2) is 0 Å². The zero-order valence-corrected chi connectivity index (χ0v) is 12.0. The zero-order chi connectivity index (χ0) is 16.4. The van der Waals surface area contributed by atoms with Crippen LogP contribution in [0.2, 0.25) is 0 Å². The molecule has 0 saturated carbocycles. The van der Waals surface area contributed by atoms with E-state index in [0.717, 1.165) is 4.90 Å². The fraction of sp³-hybridized carbons (Fsp3) is 0.667. The molecule has 0 unspecified atom stereocenters. The number of urea groups is 1. The van der Waals surface area contributed by atoms with E-state index in [9.17, 15) is 19.2 Å². The van der Waals surface area contributed by atoms with Gasteiger partial charge in [0.05, 0.1) is 13.0 Å². The smallest absolute Gasteiger partial charge is 0.326 e. The van der Waals surface area contributed by atoms with E-state index in [1.807, 2.05) is 0 Å². The molecule has 1 atom stereocenters. The van der Waals surface area contributed by atoms with Crippen molar-refractivity contribution in [1.82, 2.24) is 10.2 Å². The van der Waals surface area contributed by atoms with Crippen molar-refractivity contribution in [2.75, 3.05) is 19.7 Å². The molecule has 0 aliphatic heterocycles. The molecule has 0 fully saturated rings. The summed E-state index contributed by atoms with van der Waals surface area (Å²) in [5.74, 6) is -3.43. The largest absolute Gasteiger partial charge is 0.481 e. The predicted octanol–water partition coefficient (Wildman–Crippen LogP) is -0.101. The molecule has 2 amide bonds. The maximum atomic E-state index is 11.9. The van der Waals surface area contributed by atoms with Gasteiger partial charge in [-0.1, -0.05) is 6.92 Å². The molecule has 0 saturated heterocycles. The molecule has 120 valence electrons. The van der Waals surface area contributed by atoms with Gasteiger partial charge in [0.2, 0.25) is 0 Å². The Kier molecular flexibility index (Phi) is 8.51. The van der Waals surface area contributed by atoms with Crippen LogP contribution < -0.4 is 5.32 Å². The molecule has 0 aromatic heterocycles. The highest BCUT2D eigenvalue weighted by Gasteiger charge is 2.26. The first-order chi connectivity index (χ1) is 9.81. The Morgan fingerprint density at radius 3 is 2.24 bits per heavy atom. The zero-order valence-electron chi connectivity index (χ0n) is 12.0. The Hall–Kier alpha value is -2.32. The molecule has 9 heteroatoms. The lowest BCUT2D eigenvalue weighted by atomic mass is 10.2. The van der Waals surface area contributed by atoms with E-state index in [1.165, 1.54) is 0 Å². The van der Waals surface area contributed by atoms with Crippen LogP contribution in [0, 0.1) is 0 Å². The number of amides is 2. The molecule has 0 aliphatic rings. The fourth-order valence-corrected chi connectivity index (χ4v) is 1.50. The second kappa shape index (κ2) is 9.56. The van der Waals surface area contributed by atoms with E-state index >= 15 is 0 Å². The summed E-state index contributed by atoms with van der Waals surface area (Å²) in [6.07, 6.45) is -0.204. The third-order valence-electron chi connectivity index (χ3n) is 2.38. The Bertz CT molecular complexity index is 397. The topological polar surface area (TPSA) is 133 Å². The van der Waals surface area contributed by atoms with Gasteiger partial charge in [-0.2, -0.15) is 0 Å². The first-order valence-corrected chi connectivity index (χ1v) is 6.47. The van der Waals surface area contributed by atoms with Gasteiger partial charge in [-0.15, -0.1) is 0 Å². The van der Waals surface area contributed by atoms with Crippen LogP contribution in [-0.2, 0) is 19.1 Å². The van der Waals surface area contributed by atoms with E-state index in [0.29, 0.717) is 6.42 Å². The number of carboxylic acids is 2. The van der Waals surface area contributed by atoms with E-state index in [2.05, 4.69) is 5.32 Å². The second-order valence-electron chi connectivity index (χ2n) is 4.16. The number of carbonyl (C=O) groups is 4. The highest BCUT2D eigenvalue weighted by Crippen LogP contribution is 1.99. The average molecular weight is 304 g/mol. The van der Waals surface area contributed by atoms with Crippen molar-refractivity contribution in [1.29, 1.82) is 0 Å². The van der Waals surface area contributed by atoms with Gasteiger partial charge in [-0.05, 0) is 13.3 Å². The lowest BCUT2D eigenvalue weighted by Gasteiger charge is -2.23. The van der Waals surface area contributed by atoms with Gasteiger partial charge in [0, 0.05) is 6.54 Å². The molecule has 3 N–H and O–H groups in total. The number of nitrogens with one attached hydrogen (secondary N) is 1. The summed E-state index contributed by atoms with van der Waals surface area (Å²) < 4.78 is 4.71. The Morgan fingerprint density at radius 2 is 1.81 bits per heavy atom. The average Bonchev–Trinajstić information content (AvgIpc) is 2.36. The second-order valence-corrected chi connectivity index (χ2v) is 4.16. The number of rotatable bonds is 9. The fourth-order valence-electron chi connectivity index (χ4n) is 1.50. The van der Waals surface area contributed by atoms with Crippen LogP contribution >= 0.6 is 0 Å².